The van der Waals surface area contributed by atoms with Gasteiger partial charge in [0.15, 0.2) is 6.54 Å². The fourth-order valence-corrected chi connectivity index (χ4v) is 3.35. The van der Waals surface area contributed by atoms with Gasteiger partial charge in [0.2, 0.25) is 0 Å². The largest absolute Gasteiger partial charge is 0.336 e. The number of benzene rings is 1. The molecule has 2 atom stereocenters. The average molecular weight is 289 g/mol. The van der Waals surface area contributed by atoms with Gasteiger partial charge < -0.3 is 10.6 Å². The van der Waals surface area contributed by atoms with Crippen LogP contribution in [0.25, 0.3) is 0 Å². The molecular formula is C18H29N2O+. The second-order valence-corrected chi connectivity index (χ2v) is 6.38. The quantitative estimate of drug-likeness (QED) is 0.860. The number of hydrogen-bond donors (Lipinski definition) is 2. The van der Waals surface area contributed by atoms with Crippen molar-refractivity contribution >= 4 is 11.6 Å². The van der Waals surface area contributed by atoms with Gasteiger partial charge in [0, 0.05) is 11.6 Å². The van der Waals surface area contributed by atoms with E-state index in [0.29, 0.717) is 12.6 Å². The first-order valence-corrected chi connectivity index (χ1v) is 8.33. The molecule has 0 aromatic heterocycles. The molecule has 1 aromatic carbocycles. The third kappa shape index (κ3) is 4.31. The number of carbonyl (C=O) groups is 1. The van der Waals surface area contributed by atoms with Gasteiger partial charge in [-0.2, -0.15) is 0 Å². The molecule has 1 aliphatic rings. The molecule has 3 N–H and O–H groups in total. The molecule has 0 aliphatic heterocycles. The van der Waals surface area contributed by atoms with Gasteiger partial charge in [0.25, 0.3) is 5.91 Å². The van der Waals surface area contributed by atoms with Gasteiger partial charge in [-0.1, -0.05) is 38.5 Å². The Morgan fingerprint density at radius 3 is 2.81 bits per heavy atom. The van der Waals surface area contributed by atoms with Crippen molar-refractivity contribution in [3.8, 4) is 0 Å². The van der Waals surface area contributed by atoms with Crippen LogP contribution in [0.2, 0.25) is 0 Å². The molecule has 0 heterocycles. The number of carbonyl (C=O) groups excluding carboxylic acids is 1. The zero-order chi connectivity index (χ0) is 15.2. The minimum atomic E-state index is 0.122. The summed E-state index contributed by atoms with van der Waals surface area (Å²) >= 11 is 0. The Hall–Kier alpha value is -1.35. The average Bonchev–Trinajstić information content (AvgIpc) is 2.48. The highest BCUT2D eigenvalue weighted by atomic mass is 16.1. The van der Waals surface area contributed by atoms with Crippen molar-refractivity contribution in [1.29, 1.82) is 0 Å². The number of quaternary nitrogens is 1. The zero-order valence-electron chi connectivity index (χ0n) is 13.6. The van der Waals surface area contributed by atoms with Crippen LogP contribution in [0, 0.1) is 12.8 Å². The van der Waals surface area contributed by atoms with E-state index in [0.717, 1.165) is 23.6 Å². The Bertz CT molecular complexity index is 484. The monoisotopic (exact) mass is 289 g/mol. The molecule has 0 bridgehead atoms. The van der Waals surface area contributed by atoms with Crippen molar-refractivity contribution in [2.75, 3.05) is 11.9 Å². The molecular weight excluding hydrogens is 260 g/mol. The number of nitrogens with one attached hydrogen (secondary N) is 1. The molecule has 116 valence electrons. The molecule has 0 unspecified atom stereocenters. The predicted octanol–water partition coefficient (Wildman–Crippen LogP) is 2.64. The van der Waals surface area contributed by atoms with Crippen molar-refractivity contribution in [3.63, 3.8) is 0 Å². The van der Waals surface area contributed by atoms with Gasteiger partial charge >= 0.3 is 0 Å². The van der Waals surface area contributed by atoms with E-state index in [-0.39, 0.29) is 5.91 Å². The van der Waals surface area contributed by atoms with Crippen LogP contribution >= 0.6 is 0 Å². The van der Waals surface area contributed by atoms with Crippen molar-refractivity contribution in [3.05, 3.63) is 29.3 Å². The van der Waals surface area contributed by atoms with E-state index in [2.05, 4.69) is 49.6 Å². The van der Waals surface area contributed by atoms with Gasteiger partial charge in [-0.05, 0) is 43.7 Å². The molecule has 21 heavy (non-hydrogen) atoms. The maximum atomic E-state index is 12.2. The smallest absolute Gasteiger partial charge is 0.279 e. The molecule has 1 saturated carbocycles. The summed E-state index contributed by atoms with van der Waals surface area (Å²) in [6, 6.07) is 6.82. The summed E-state index contributed by atoms with van der Waals surface area (Å²) in [5, 5.41) is 5.35. The first-order chi connectivity index (χ1) is 10.1. The number of aryl methyl sites for hydroxylation is 2. The van der Waals surface area contributed by atoms with Crippen LogP contribution in [0.15, 0.2) is 18.2 Å². The van der Waals surface area contributed by atoms with E-state index >= 15 is 0 Å². The van der Waals surface area contributed by atoms with Crippen LogP contribution in [-0.2, 0) is 11.2 Å². The lowest BCUT2D eigenvalue weighted by atomic mass is 9.86. The highest BCUT2D eigenvalue weighted by molar-refractivity contribution is 5.93. The summed E-state index contributed by atoms with van der Waals surface area (Å²) in [4.78, 5) is 12.2. The van der Waals surface area contributed by atoms with Gasteiger partial charge in [-0.3, -0.25) is 4.79 Å². The first-order valence-electron chi connectivity index (χ1n) is 8.33. The van der Waals surface area contributed by atoms with E-state index in [4.69, 9.17) is 0 Å². The van der Waals surface area contributed by atoms with Gasteiger partial charge in [-0.15, -0.1) is 0 Å². The number of hydrogen-bond acceptors (Lipinski definition) is 1. The second kappa shape index (κ2) is 7.60. The Balaban J connectivity index is 1.90. The lowest BCUT2D eigenvalue weighted by Crippen LogP contribution is -2.93. The highest BCUT2D eigenvalue weighted by Gasteiger charge is 2.24. The lowest BCUT2D eigenvalue weighted by Gasteiger charge is -2.26. The van der Waals surface area contributed by atoms with Crippen LogP contribution < -0.4 is 10.6 Å². The Labute approximate surface area is 128 Å². The number of amides is 1. The zero-order valence-corrected chi connectivity index (χ0v) is 13.6. The molecule has 0 spiro atoms. The summed E-state index contributed by atoms with van der Waals surface area (Å²) in [5.74, 6) is 0.855. The fraction of sp³-hybridized carbons (Fsp3) is 0.611. The fourth-order valence-electron chi connectivity index (χ4n) is 3.35. The van der Waals surface area contributed by atoms with Crippen LogP contribution in [-0.4, -0.2) is 18.5 Å². The molecule has 3 nitrogen and oxygen atoms in total. The topological polar surface area (TPSA) is 45.7 Å². The maximum absolute atomic E-state index is 12.2. The number of nitrogens with two attached hydrogens (primary N) is 1. The molecule has 3 heteroatoms. The lowest BCUT2D eigenvalue weighted by molar-refractivity contribution is -0.687. The second-order valence-electron chi connectivity index (χ2n) is 6.38. The van der Waals surface area contributed by atoms with Gasteiger partial charge in [0.1, 0.15) is 0 Å². The molecule has 1 fully saturated rings. The molecule has 0 radical (unpaired) electrons. The minimum Gasteiger partial charge on any atom is -0.336 e. The SMILES string of the molecule is CCc1cccc(C)c1NC(=O)C[NH2+][C@H]1CCCC[C@@H]1C. The van der Waals surface area contributed by atoms with Crippen LogP contribution in [0.5, 0.6) is 0 Å². The highest BCUT2D eigenvalue weighted by Crippen LogP contribution is 2.22. The molecule has 1 amide bonds. The van der Waals surface area contributed by atoms with E-state index in [9.17, 15) is 4.79 Å². The maximum Gasteiger partial charge on any atom is 0.279 e. The summed E-state index contributed by atoms with van der Waals surface area (Å²) in [7, 11) is 0. The van der Waals surface area contributed by atoms with Crippen LogP contribution in [0.1, 0.15) is 50.7 Å². The molecule has 1 aliphatic carbocycles. The van der Waals surface area contributed by atoms with Gasteiger partial charge in [-0.25, -0.2) is 0 Å². The van der Waals surface area contributed by atoms with Crippen molar-refractivity contribution in [2.45, 2.75) is 58.9 Å². The normalized spacial score (nSPS) is 22.0. The third-order valence-corrected chi connectivity index (χ3v) is 4.79. The number of rotatable bonds is 5. The van der Waals surface area contributed by atoms with Gasteiger partial charge in [0.05, 0.1) is 6.04 Å². The Kier molecular flexibility index (Phi) is 5.80. The van der Waals surface area contributed by atoms with E-state index < -0.39 is 0 Å². The Morgan fingerprint density at radius 1 is 1.33 bits per heavy atom. The molecule has 2 rings (SSSR count). The first kappa shape index (κ1) is 16.0. The summed E-state index contributed by atoms with van der Waals surface area (Å²) in [6.07, 6.45) is 6.16. The van der Waals surface area contributed by atoms with Crippen molar-refractivity contribution in [1.82, 2.24) is 0 Å². The summed E-state index contributed by atoms with van der Waals surface area (Å²) < 4.78 is 0. The Morgan fingerprint density at radius 2 is 2.10 bits per heavy atom. The van der Waals surface area contributed by atoms with E-state index in [1.807, 2.05) is 0 Å². The number of anilines is 1. The summed E-state index contributed by atoms with van der Waals surface area (Å²) in [6.45, 7) is 7.03. The standard InChI is InChI=1S/C18H28N2O/c1-4-15-10-7-9-14(3)18(15)20-17(21)12-19-16-11-6-5-8-13(16)2/h7,9-10,13,16,19H,4-6,8,11-12H2,1-3H3,(H,20,21)/p+1/t13-,16-/m0/s1. The molecule has 0 saturated heterocycles. The van der Waals surface area contributed by atoms with Crippen LogP contribution in [0.4, 0.5) is 5.69 Å². The minimum absolute atomic E-state index is 0.122. The van der Waals surface area contributed by atoms with E-state index in [1.54, 1.807) is 0 Å². The van der Waals surface area contributed by atoms with Crippen LogP contribution in [0.3, 0.4) is 0 Å². The third-order valence-electron chi connectivity index (χ3n) is 4.79. The van der Waals surface area contributed by atoms with E-state index in [1.165, 1.54) is 31.2 Å². The van der Waals surface area contributed by atoms with Crippen molar-refractivity contribution in [2.24, 2.45) is 5.92 Å². The van der Waals surface area contributed by atoms with Crippen molar-refractivity contribution < 1.29 is 10.1 Å². The summed E-state index contributed by atoms with van der Waals surface area (Å²) in [5.41, 5.74) is 3.37. The predicted molar refractivity (Wildman–Crippen MR) is 87.4 cm³/mol. The number of para-hydroxylation sites is 1. The molecule has 1 aromatic rings.